The van der Waals surface area contributed by atoms with Gasteiger partial charge in [-0.15, -0.1) is 0 Å². The molecule has 0 spiro atoms. The third kappa shape index (κ3) is 2.86. The maximum atomic E-state index is 10.5. The maximum Gasteiger partial charge on any atom is 0.356 e. The predicted molar refractivity (Wildman–Crippen MR) is 100 cm³/mol. The van der Waals surface area contributed by atoms with Crippen LogP contribution in [0, 0.1) is 6.92 Å². The zero-order chi connectivity index (χ0) is 18.1. The first-order chi connectivity index (χ1) is 12.6. The zero-order valence-electron chi connectivity index (χ0n) is 14.7. The van der Waals surface area contributed by atoms with E-state index >= 15 is 0 Å². The van der Waals surface area contributed by atoms with Gasteiger partial charge in [0, 0.05) is 0 Å². The molecule has 2 heterocycles. The summed E-state index contributed by atoms with van der Waals surface area (Å²) in [4.78, 5) is 0. The van der Waals surface area contributed by atoms with Gasteiger partial charge < -0.3 is 9.52 Å². The lowest BCUT2D eigenvalue weighted by Crippen LogP contribution is -2.37. The number of para-hydroxylation sites is 2. The number of imidazole rings is 1. The lowest BCUT2D eigenvalue weighted by atomic mass is 10.1. The molecule has 132 valence electrons. The van der Waals surface area contributed by atoms with Gasteiger partial charge in [-0.2, -0.15) is 0 Å². The van der Waals surface area contributed by atoms with Crippen LogP contribution >= 0.6 is 0 Å². The number of aryl methyl sites for hydroxylation is 1. The Balaban J connectivity index is 1.77. The van der Waals surface area contributed by atoms with E-state index < -0.39 is 6.10 Å². The Bertz CT molecular complexity index is 1030. The lowest BCUT2D eigenvalue weighted by molar-refractivity contribution is -0.648. The van der Waals surface area contributed by atoms with Crippen molar-refractivity contribution < 1.29 is 14.1 Å². The molecule has 0 aliphatic carbocycles. The van der Waals surface area contributed by atoms with Crippen LogP contribution in [0.2, 0.25) is 0 Å². The van der Waals surface area contributed by atoms with Gasteiger partial charge in [0.25, 0.3) is 0 Å². The molecule has 0 aliphatic rings. The van der Waals surface area contributed by atoms with E-state index in [9.17, 15) is 5.11 Å². The Hall–Kier alpha value is -3.05. The minimum absolute atomic E-state index is 0.334. The fourth-order valence-corrected chi connectivity index (χ4v) is 3.37. The van der Waals surface area contributed by atoms with E-state index in [4.69, 9.17) is 10.2 Å². The second-order valence-electron chi connectivity index (χ2n) is 6.50. The molecule has 0 bridgehead atoms. The summed E-state index contributed by atoms with van der Waals surface area (Å²) < 4.78 is 9.36. The van der Waals surface area contributed by atoms with Gasteiger partial charge in [0.15, 0.2) is 0 Å². The van der Waals surface area contributed by atoms with Gasteiger partial charge in [-0.3, -0.25) is 5.73 Å². The highest BCUT2D eigenvalue weighted by molar-refractivity contribution is 5.74. The van der Waals surface area contributed by atoms with Crippen LogP contribution in [0.25, 0.3) is 11.0 Å². The number of aliphatic hydroxyl groups is 1. The third-order valence-corrected chi connectivity index (χ3v) is 4.83. The average Bonchev–Trinajstić information content (AvgIpc) is 3.27. The van der Waals surface area contributed by atoms with Crippen LogP contribution < -0.4 is 10.3 Å². The molecule has 3 N–H and O–H groups in total. The summed E-state index contributed by atoms with van der Waals surface area (Å²) in [5.74, 6) is 1.15. The Morgan fingerprint density at radius 3 is 2.62 bits per heavy atom. The largest absolute Gasteiger partial charge is 0.466 e. The number of aromatic nitrogens is 2. The first-order valence-corrected chi connectivity index (χ1v) is 8.67. The number of nitrogens with two attached hydrogens (primary N) is 1. The van der Waals surface area contributed by atoms with Gasteiger partial charge in [0.1, 0.15) is 29.4 Å². The van der Waals surface area contributed by atoms with Crippen molar-refractivity contribution in [1.29, 1.82) is 0 Å². The SMILES string of the molecule is Cc1ccccc1C[n+]1c(N)n(C[C@H](O)c2ccco2)c2ccccc21. The molecule has 0 saturated heterocycles. The molecule has 26 heavy (non-hydrogen) atoms. The standard InChI is InChI=1S/C21H21N3O2/c1-15-7-2-3-8-16(15)13-23-17-9-4-5-10-18(17)24(21(23)22)14-19(25)20-11-6-12-26-20/h2-12,19,22,25H,13-14H2,1H3/p+1/t19-/m0/s1. The van der Waals surface area contributed by atoms with Crippen molar-refractivity contribution in [1.82, 2.24) is 4.57 Å². The molecule has 0 amide bonds. The van der Waals surface area contributed by atoms with Crippen LogP contribution in [0.3, 0.4) is 0 Å². The number of furan rings is 1. The Morgan fingerprint density at radius 2 is 1.85 bits per heavy atom. The van der Waals surface area contributed by atoms with Crippen LogP contribution in [0.15, 0.2) is 71.3 Å². The summed E-state index contributed by atoms with van der Waals surface area (Å²) >= 11 is 0. The van der Waals surface area contributed by atoms with Crippen molar-refractivity contribution in [3.8, 4) is 0 Å². The summed E-state index contributed by atoms with van der Waals surface area (Å²) in [6.45, 7) is 3.12. The van der Waals surface area contributed by atoms with Crippen molar-refractivity contribution in [2.75, 3.05) is 5.73 Å². The van der Waals surface area contributed by atoms with Crippen LogP contribution in [-0.2, 0) is 13.1 Å². The molecule has 4 aromatic rings. The second kappa shape index (κ2) is 6.69. The molecule has 0 saturated carbocycles. The number of anilines is 1. The van der Waals surface area contributed by atoms with Crippen LogP contribution in [0.5, 0.6) is 0 Å². The Kier molecular flexibility index (Phi) is 4.22. The Labute approximate surface area is 151 Å². The highest BCUT2D eigenvalue weighted by atomic mass is 16.4. The van der Waals surface area contributed by atoms with Gasteiger partial charge >= 0.3 is 5.95 Å². The summed E-state index contributed by atoms with van der Waals surface area (Å²) in [6, 6.07) is 19.9. The van der Waals surface area contributed by atoms with Crippen LogP contribution in [-0.4, -0.2) is 9.67 Å². The molecule has 5 heteroatoms. The van der Waals surface area contributed by atoms with Gasteiger partial charge in [-0.05, 0) is 42.3 Å². The molecule has 4 rings (SSSR count). The number of fused-ring (bicyclic) bond motifs is 1. The molecule has 0 aliphatic heterocycles. The molecule has 1 atom stereocenters. The number of benzene rings is 2. The quantitative estimate of drug-likeness (QED) is 0.544. The van der Waals surface area contributed by atoms with Crippen molar-refractivity contribution >= 4 is 17.0 Å². The topological polar surface area (TPSA) is 68.2 Å². The van der Waals surface area contributed by atoms with Gasteiger partial charge in [-0.1, -0.05) is 36.4 Å². The molecule has 0 unspecified atom stereocenters. The zero-order valence-corrected chi connectivity index (χ0v) is 14.7. The number of hydrogen-bond donors (Lipinski definition) is 2. The van der Waals surface area contributed by atoms with E-state index in [-0.39, 0.29) is 0 Å². The lowest BCUT2D eigenvalue weighted by Gasteiger charge is -2.08. The van der Waals surface area contributed by atoms with Gasteiger partial charge in [-0.25, -0.2) is 9.13 Å². The van der Waals surface area contributed by atoms with Crippen LogP contribution in [0.1, 0.15) is 23.0 Å². The highest BCUT2D eigenvalue weighted by Gasteiger charge is 2.24. The van der Waals surface area contributed by atoms with Crippen molar-refractivity contribution in [2.45, 2.75) is 26.1 Å². The van der Waals surface area contributed by atoms with Gasteiger partial charge in [0.05, 0.1) is 12.8 Å². The normalized spacial score (nSPS) is 12.5. The van der Waals surface area contributed by atoms with Crippen LogP contribution in [0.4, 0.5) is 5.95 Å². The summed E-state index contributed by atoms with van der Waals surface area (Å²) in [7, 11) is 0. The van der Waals surface area contributed by atoms with E-state index in [2.05, 4.69) is 29.7 Å². The number of nitrogen functional groups attached to an aromatic ring is 1. The molecule has 2 aromatic heterocycles. The van der Waals surface area contributed by atoms with Gasteiger partial charge in [0.2, 0.25) is 0 Å². The smallest absolute Gasteiger partial charge is 0.356 e. The molecule has 2 aromatic carbocycles. The van der Waals surface area contributed by atoms with Crippen molar-refractivity contribution in [2.24, 2.45) is 0 Å². The molecular formula is C21H22N3O2+. The summed E-state index contributed by atoms with van der Waals surface area (Å²) in [5.41, 5.74) is 11.0. The van der Waals surface area contributed by atoms with E-state index in [1.165, 1.54) is 11.1 Å². The van der Waals surface area contributed by atoms with E-state index in [1.807, 2.05) is 34.9 Å². The highest BCUT2D eigenvalue weighted by Crippen LogP contribution is 2.22. The minimum Gasteiger partial charge on any atom is -0.466 e. The summed E-state index contributed by atoms with van der Waals surface area (Å²) in [5, 5.41) is 10.5. The average molecular weight is 348 g/mol. The van der Waals surface area contributed by atoms with E-state index in [0.717, 1.165) is 11.0 Å². The fraction of sp³-hybridized carbons (Fsp3) is 0.190. The predicted octanol–water partition coefficient (Wildman–Crippen LogP) is 3.19. The molecular weight excluding hydrogens is 326 g/mol. The van der Waals surface area contributed by atoms with Crippen molar-refractivity contribution in [3.63, 3.8) is 0 Å². The number of rotatable bonds is 5. The van der Waals surface area contributed by atoms with Crippen molar-refractivity contribution in [3.05, 3.63) is 83.8 Å². The monoisotopic (exact) mass is 348 g/mol. The maximum absolute atomic E-state index is 10.5. The number of nitrogens with zero attached hydrogens (tertiary/aromatic N) is 2. The number of aliphatic hydroxyl groups excluding tert-OH is 1. The first-order valence-electron chi connectivity index (χ1n) is 8.67. The Morgan fingerprint density at radius 1 is 1.08 bits per heavy atom. The first kappa shape index (κ1) is 16.4. The fourth-order valence-electron chi connectivity index (χ4n) is 3.37. The van der Waals surface area contributed by atoms with E-state index in [1.54, 1.807) is 18.4 Å². The molecule has 5 nitrogen and oxygen atoms in total. The minimum atomic E-state index is -0.755. The van der Waals surface area contributed by atoms with E-state index in [0.29, 0.717) is 24.8 Å². The third-order valence-electron chi connectivity index (χ3n) is 4.83. The molecule has 0 radical (unpaired) electrons. The number of hydrogen-bond acceptors (Lipinski definition) is 3. The second-order valence-corrected chi connectivity index (χ2v) is 6.50. The molecule has 0 fully saturated rings. The summed E-state index contributed by atoms with van der Waals surface area (Å²) in [6.07, 6.45) is 0.809.